The van der Waals surface area contributed by atoms with Crippen molar-refractivity contribution in [2.24, 2.45) is 5.92 Å². The average Bonchev–Trinajstić information content (AvgIpc) is 2.60. The molecule has 1 aliphatic rings. The molecule has 2 N–H and O–H groups in total. The zero-order valence-electron chi connectivity index (χ0n) is 14.1. The van der Waals surface area contributed by atoms with E-state index in [0.29, 0.717) is 12.5 Å². The van der Waals surface area contributed by atoms with Crippen molar-refractivity contribution in [1.29, 1.82) is 0 Å². The lowest BCUT2D eigenvalue weighted by molar-refractivity contribution is 0.0906. The monoisotopic (exact) mass is 362 g/mol. The number of benzene rings is 1. The van der Waals surface area contributed by atoms with Crippen molar-refractivity contribution in [3.63, 3.8) is 0 Å². The van der Waals surface area contributed by atoms with E-state index in [4.69, 9.17) is 0 Å². The van der Waals surface area contributed by atoms with E-state index in [2.05, 4.69) is 22.7 Å². The summed E-state index contributed by atoms with van der Waals surface area (Å²) in [4.78, 5) is 24.5. The normalized spacial score (nSPS) is 19.7. The summed E-state index contributed by atoms with van der Waals surface area (Å²) in [7, 11) is 0. The van der Waals surface area contributed by atoms with Crippen LogP contribution >= 0.6 is 12.4 Å². The Labute approximate surface area is 153 Å². The Morgan fingerprint density at radius 2 is 2.04 bits per heavy atom. The Kier molecular flexibility index (Phi) is 6.73. The Morgan fingerprint density at radius 1 is 1.28 bits per heavy atom. The van der Waals surface area contributed by atoms with Crippen LogP contribution in [0.2, 0.25) is 0 Å². The minimum atomic E-state index is -0.226. The molecule has 2 unspecified atom stereocenters. The van der Waals surface area contributed by atoms with Crippen LogP contribution in [-0.2, 0) is 6.54 Å². The van der Waals surface area contributed by atoms with Gasteiger partial charge in [-0.1, -0.05) is 37.3 Å². The van der Waals surface area contributed by atoms with Crippen LogP contribution in [0.1, 0.15) is 29.4 Å². The summed E-state index contributed by atoms with van der Waals surface area (Å²) < 4.78 is 1.33. The molecule has 2 atom stereocenters. The first-order valence-electron chi connectivity index (χ1n) is 8.27. The Bertz CT molecular complexity index is 763. The van der Waals surface area contributed by atoms with Gasteiger partial charge in [-0.05, 0) is 37.1 Å². The fourth-order valence-electron chi connectivity index (χ4n) is 2.91. The molecule has 25 heavy (non-hydrogen) atoms. The number of hydrogen-bond acceptors (Lipinski definition) is 4. The molecule has 1 saturated heterocycles. The number of carbonyl (C=O) groups is 1. The SMILES string of the molecule is CC1CNCCC1NC(=O)c1ccc(=O)n(Cc2ccccc2)n1.Cl. The fraction of sp³-hybridized carbons (Fsp3) is 0.389. The minimum absolute atomic E-state index is 0. The highest BCUT2D eigenvalue weighted by molar-refractivity contribution is 5.92. The molecule has 0 bridgehead atoms. The van der Waals surface area contributed by atoms with Crippen molar-refractivity contribution in [3.8, 4) is 0 Å². The number of hydrogen-bond donors (Lipinski definition) is 2. The van der Waals surface area contributed by atoms with E-state index in [1.807, 2.05) is 30.3 Å². The second kappa shape index (κ2) is 8.78. The number of amides is 1. The van der Waals surface area contributed by atoms with Crippen molar-refractivity contribution < 1.29 is 4.79 Å². The summed E-state index contributed by atoms with van der Waals surface area (Å²) in [6.45, 7) is 4.26. The lowest BCUT2D eigenvalue weighted by atomic mass is 9.95. The van der Waals surface area contributed by atoms with E-state index >= 15 is 0 Å². The molecule has 1 aromatic carbocycles. The first-order valence-corrected chi connectivity index (χ1v) is 8.27. The number of halogens is 1. The van der Waals surface area contributed by atoms with Crippen molar-refractivity contribution >= 4 is 18.3 Å². The molecule has 0 radical (unpaired) electrons. The van der Waals surface area contributed by atoms with E-state index in [9.17, 15) is 9.59 Å². The maximum Gasteiger partial charge on any atom is 0.271 e. The van der Waals surface area contributed by atoms with Crippen molar-refractivity contribution in [2.45, 2.75) is 25.9 Å². The lowest BCUT2D eigenvalue weighted by Crippen LogP contribution is -2.48. The fourth-order valence-corrected chi connectivity index (χ4v) is 2.91. The molecule has 2 heterocycles. The third-order valence-corrected chi connectivity index (χ3v) is 4.38. The van der Waals surface area contributed by atoms with E-state index in [1.165, 1.54) is 16.8 Å². The van der Waals surface area contributed by atoms with Crippen LogP contribution in [0.15, 0.2) is 47.3 Å². The summed E-state index contributed by atoms with van der Waals surface area (Å²) in [5.74, 6) is 0.147. The Hall–Kier alpha value is -2.18. The van der Waals surface area contributed by atoms with E-state index in [1.54, 1.807) is 0 Å². The molecule has 0 spiro atoms. The second-order valence-corrected chi connectivity index (χ2v) is 6.25. The van der Waals surface area contributed by atoms with Gasteiger partial charge in [-0.3, -0.25) is 9.59 Å². The van der Waals surface area contributed by atoms with Crippen LogP contribution in [0.5, 0.6) is 0 Å². The van der Waals surface area contributed by atoms with Gasteiger partial charge < -0.3 is 10.6 Å². The highest BCUT2D eigenvalue weighted by Gasteiger charge is 2.23. The molecule has 1 aliphatic heterocycles. The molecule has 1 aromatic heterocycles. The van der Waals surface area contributed by atoms with E-state index in [0.717, 1.165) is 25.1 Å². The Balaban J connectivity index is 0.00000225. The summed E-state index contributed by atoms with van der Waals surface area (Å²) >= 11 is 0. The second-order valence-electron chi connectivity index (χ2n) is 6.25. The Morgan fingerprint density at radius 3 is 2.76 bits per heavy atom. The van der Waals surface area contributed by atoms with Crippen molar-refractivity contribution in [3.05, 3.63) is 64.1 Å². The molecule has 134 valence electrons. The largest absolute Gasteiger partial charge is 0.348 e. The predicted molar refractivity (Wildman–Crippen MR) is 99.2 cm³/mol. The summed E-state index contributed by atoms with van der Waals surface area (Å²) in [6, 6.07) is 12.6. The number of carbonyl (C=O) groups excluding carboxylic acids is 1. The molecular weight excluding hydrogens is 340 g/mol. The van der Waals surface area contributed by atoms with Crippen molar-refractivity contribution in [1.82, 2.24) is 20.4 Å². The van der Waals surface area contributed by atoms with Crippen LogP contribution < -0.4 is 16.2 Å². The van der Waals surface area contributed by atoms with Crippen LogP contribution in [-0.4, -0.2) is 34.8 Å². The molecule has 0 saturated carbocycles. The van der Waals surface area contributed by atoms with Gasteiger partial charge in [0.25, 0.3) is 11.5 Å². The molecule has 0 aliphatic carbocycles. The molecule has 3 rings (SSSR count). The minimum Gasteiger partial charge on any atom is -0.348 e. The molecule has 7 heteroatoms. The third-order valence-electron chi connectivity index (χ3n) is 4.38. The van der Waals surface area contributed by atoms with Crippen LogP contribution in [0, 0.1) is 5.92 Å². The van der Waals surface area contributed by atoms with Gasteiger partial charge in [-0.15, -0.1) is 12.4 Å². The van der Waals surface area contributed by atoms with Gasteiger partial charge in [-0.2, -0.15) is 5.10 Å². The van der Waals surface area contributed by atoms with Crippen LogP contribution in [0.4, 0.5) is 0 Å². The summed E-state index contributed by atoms with van der Waals surface area (Å²) in [5, 5.41) is 10.6. The maximum atomic E-state index is 12.5. The van der Waals surface area contributed by atoms with Gasteiger partial charge >= 0.3 is 0 Å². The first kappa shape index (κ1) is 19.1. The third kappa shape index (κ3) is 4.90. The van der Waals surface area contributed by atoms with Gasteiger partial charge in [0, 0.05) is 12.1 Å². The van der Waals surface area contributed by atoms with E-state index in [-0.39, 0.29) is 35.6 Å². The molecule has 2 aromatic rings. The van der Waals surface area contributed by atoms with Gasteiger partial charge in [0.2, 0.25) is 0 Å². The first-order chi connectivity index (χ1) is 11.6. The summed E-state index contributed by atoms with van der Waals surface area (Å²) in [6.07, 6.45) is 0.899. The number of aromatic nitrogens is 2. The number of rotatable bonds is 4. The molecular formula is C18H23ClN4O2. The quantitative estimate of drug-likeness (QED) is 0.863. The highest BCUT2D eigenvalue weighted by atomic mass is 35.5. The van der Waals surface area contributed by atoms with Crippen LogP contribution in [0.25, 0.3) is 0 Å². The zero-order valence-corrected chi connectivity index (χ0v) is 15.0. The lowest BCUT2D eigenvalue weighted by Gasteiger charge is -2.30. The van der Waals surface area contributed by atoms with Gasteiger partial charge in [0.15, 0.2) is 0 Å². The van der Waals surface area contributed by atoms with Gasteiger partial charge in [0.1, 0.15) is 5.69 Å². The number of nitrogens with zero attached hydrogens (tertiary/aromatic N) is 2. The highest BCUT2D eigenvalue weighted by Crippen LogP contribution is 2.11. The van der Waals surface area contributed by atoms with Gasteiger partial charge in [0.05, 0.1) is 6.54 Å². The van der Waals surface area contributed by atoms with Gasteiger partial charge in [-0.25, -0.2) is 4.68 Å². The topological polar surface area (TPSA) is 76.0 Å². The van der Waals surface area contributed by atoms with Crippen LogP contribution in [0.3, 0.4) is 0 Å². The molecule has 6 nitrogen and oxygen atoms in total. The number of nitrogens with one attached hydrogen (secondary N) is 2. The van der Waals surface area contributed by atoms with Crippen molar-refractivity contribution in [2.75, 3.05) is 13.1 Å². The summed E-state index contributed by atoms with van der Waals surface area (Å²) in [5.41, 5.74) is 1.03. The van der Waals surface area contributed by atoms with E-state index < -0.39 is 0 Å². The standard InChI is InChI=1S/C18H22N4O2.ClH/c1-13-11-19-10-9-15(13)20-18(24)16-7-8-17(23)22(21-16)12-14-5-3-2-4-6-14;/h2-8,13,15,19H,9-12H2,1H3,(H,20,24);1H. The molecule has 1 fully saturated rings. The smallest absolute Gasteiger partial charge is 0.271 e. The molecule has 1 amide bonds. The maximum absolute atomic E-state index is 12.5. The zero-order chi connectivity index (χ0) is 16.9. The number of piperidine rings is 1. The predicted octanol–water partition coefficient (Wildman–Crippen LogP) is 1.44. The average molecular weight is 363 g/mol.